The molecule has 0 heterocycles. The van der Waals surface area contributed by atoms with Gasteiger partial charge in [0, 0.05) is 6.54 Å². The minimum absolute atomic E-state index is 0.401. The van der Waals surface area contributed by atoms with Gasteiger partial charge in [-0.05, 0) is 24.6 Å². The van der Waals surface area contributed by atoms with Crippen LogP contribution in [0, 0.1) is 0 Å². The molecular weight excluding hydrogens is 256 g/mol. The highest BCUT2D eigenvalue weighted by atomic mass is 35.5. The first-order valence-electron chi connectivity index (χ1n) is 5.42. The Kier molecular flexibility index (Phi) is 5.25. The van der Waals surface area contributed by atoms with E-state index >= 15 is 0 Å². The molecule has 1 rings (SSSR count). The lowest BCUT2D eigenvalue weighted by Gasteiger charge is -2.14. The van der Waals surface area contributed by atoms with Crippen molar-refractivity contribution < 1.29 is 14.3 Å². The normalized spacial score (nSPS) is 12.0. The van der Waals surface area contributed by atoms with Crippen molar-refractivity contribution in [2.45, 2.75) is 19.5 Å². The van der Waals surface area contributed by atoms with E-state index in [2.05, 4.69) is 5.32 Å². The number of halogens is 1. The first-order chi connectivity index (χ1) is 8.49. The van der Waals surface area contributed by atoms with Crippen LogP contribution in [0.2, 0.25) is 5.02 Å². The van der Waals surface area contributed by atoms with Crippen molar-refractivity contribution >= 4 is 17.5 Å². The van der Waals surface area contributed by atoms with Crippen LogP contribution in [0.1, 0.15) is 12.5 Å². The second-order valence-corrected chi connectivity index (χ2v) is 4.23. The van der Waals surface area contributed by atoms with E-state index in [1.54, 1.807) is 19.1 Å². The van der Waals surface area contributed by atoms with Crippen LogP contribution in [0.15, 0.2) is 12.1 Å². The average Bonchev–Trinajstić information content (AvgIpc) is 2.34. The number of benzene rings is 1. The molecule has 0 aliphatic heterocycles. The summed E-state index contributed by atoms with van der Waals surface area (Å²) in [6.45, 7) is 2.16. The van der Waals surface area contributed by atoms with E-state index < -0.39 is 11.9 Å². The first-order valence-corrected chi connectivity index (χ1v) is 5.80. The van der Waals surface area contributed by atoms with Gasteiger partial charge in [-0.25, -0.2) is 0 Å². The monoisotopic (exact) mass is 272 g/mol. The Morgan fingerprint density at radius 2 is 2.11 bits per heavy atom. The van der Waals surface area contributed by atoms with E-state index in [0.29, 0.717) is 23.1 Å². The molecule has 6 heteroatoms. The number of nitrogens with one attached hydrogen (secondary N) is 1. The Hall–Kier alpha value is -1.46. The molecular formula is C12H17ClN2O3. The van der Waals surface area contributed by atoms with Crippen LogP contribution in [0.5, 0.6) is 11.5 Å². The number of hydrogen-bond acceptors (Lipinski definition) is 4. The van der Waals surface area contributed by atoms with E-state index in [-0.39, 0.29) is 0 Å². The predicted molar refractivity (Wildman–Crippen MR) is 70.1 cm³/mol. The smallest absolute Gasteiger partial charge is 0.234 e. The minimum atomic E-state index is -0.406. The lowest BCUT2D eigenvalue weighted by atomic mass is 10.2. The molecule has 0 radical (unpaired) electrons. The summed E-state index contributed by atoms with van der Waals surface area (Å²) in [6, 6.07) is 3.14. The van der Waals surface area contributed by atoms with Gasteiger partial charge in [-0.2, -0.15) is 0 Å². The Labute approximate surface area is 111 Å². The summed E-state index contributed by atoms with van der Waals surface area (Å²) in [6.07, 6.45) is 0. The number of nitrogens with two attached hydrogens (primary N) is 1. The zero-order valence-corrected chi connectivity index (χ0v) is 11.4. The molecule has 5 nitrogen and oxygen atoms in total. The van der Waals surface area contributed by atoms with Gasteiger partial charge in [-0.3, -0.25) is 4.79 Å². The van der Waals surface area contributed by atoms with E-state index in [0.717, 1.165) is 5.56 Å². The second kappa shape index (κ2) is 6.47. The van der Waals surface area contributed by atoms with Crippen molar-refractivity contribution in [3.8, 4) is 11.5 Å². The third-order valence-corrected chi connectivity index (χ3v) is 2.81. The van der Waals surface area contributed by atoms with Gasteiger partial charge in [0.25, 0.3) is 0 Å². The standard InChI is InChI=1S/C12H17ClN2O3/c1-7(12(14)16)15-6-8-4-9(13)11(18-3)10(5-8)17-2/h4-5,7,15H,6H2,1-3H3,(H2,14,16). The van der Waals surface area contributed by atoms with Crippen LogP contribution >= 0.6 is 11.6 Å². The molecule has 0 spiro atoms. The maximum atomic E-state index is 10.9. The second-order valence-electron chi connectivity index (χ2n) is 3.82. The number of carbonyl (C=O) groups excluding carboxylic acids is 1. The highest BCUT2D eigenvalue weighted by Crippen LogP contribution is 2.35. The van der Waals surface area contributed by atoms with Crippen molar-refractivity contribution in [1.82, 2.24) is 5.32 Å². The van der Waals surface area contributed by atoms with Crippen LogP contribution in [-0.2, 0) is 11.3 Å². The number of hydrogen-bond donors (Lipinski definition) is 2. The van der Waals surface area contributed by atoms with Crippen molar-refractivity contribution in [1.29, 1.82) is 0 Å². The number of methoxy groups -OCH3 is 2. The molecule has 100 valence electrons. The quantitative estimate of drug-likeness (QED) is 0.819. The largest absolute Gasteiger partial charge is 0.493 e. The summed E-state index contributed by atoms with van der Waals surface area (Å²) >= 11 is 6.07. The van der Waals surface area contributed by atoms with E-state index in [1.165, 1.54) is 14.2 Å². The highest BCUT2D eigenvalue weighted by molar-refractivity contribution is 6.32. The maximum absolute atomic E-state index is 10.9. The van der Waals surface area contributed by atoms with E-state index in [4.69, 9.17) is 26.8 Å². The summed E-state index contributed by atoms with van der Waals surface area (Å²) in [7, 11) is 3.06. The molecule has 1 amide bonds. The molecule has 0 saturated carbocycles. The van der Waals surface area contributed by atoms with Crippen LogP contribution < -0.4 is 20.5 Å². The topological polar surface area (TPSA) is 73.6 Å². The number of rotatable bonds is 6. The van der Waals surface area contributed by atoms with Gasteiger partial charge in [0.05, 0.1) is 25.3 Å². The molecule has 0 aliphatic rings. The molecule has 0 saturated heterocycles. The van der Waals surface area contributed by atoms with Crippen molar-refractivity contribution in [3.63, 3.8) is 0 Å². The van der Waals surface area contributed by atoms with E-state index in [9.17, 15) is 4.79 Å². The molecule has 1 aromatic carbocycles. The van der Waals surface area contributed by atoms with Crippen LogP contribution in [0.4, 0.5) is 0 Å². The fraction of sp³-hybridized carbons (Fsp3) is 0.417. The number of ether oxygens (including phenoxy) is 2. The molecule has 18 heavy (non-hydrogen) atoms. The van der Waals surface area contributed by atoms with Crippen LogP contribution in [-0.4, -0.2) is 26.2 Å². The Bertz CT molecular complexity index is 438. The molecule has 3 N–H and O–H groups in total. The zero-order valence-electron chi connectivity index (χ0n) is 10.6. The fourth-order valence-electron chi connectivity index (χ4n) is 1.44. The number of amides is 1. The minimum Gasteiger partial charge on any atom is -0.493 e. The first kappa shape index (κ1) is 14.6. The molecule has 0 aliphatic carbocycles. The van der Waals surface area contributed by atoms with E-state index in [1.807, 2.05) is 0 Å². The molecule has 0 aromatic heterocycles. The average molecular weight is 273 g/mol. The zero-order chi connectivity index (χ0) is 13.7. The predicted octanol–water partition coefficient (Wildman–Crippen LogP) is 1.32. The Morgan fingerprint density at radius 1 is 1.44 bits per heavy atom. The van der Waals surface area contributed by atoms with Gasteiger partial charge < -0.3 is 20.5 Å². The van der Waals surface area contributed by atoms with Gasteiger partial charge in [-0.15, -0.1) is 0 Å². The van der Waals surface area contributed by atoms with Gasteiger partial charge in [0.15, 0.2) is 11.5 Å². The maximum Gasteiger partial charge on any atom is 0.234 e. The summed E-state index contributed by atoms with van der Waals surface area (Å²) < 4.78 is 10.3. The SMILES string of the molecule is COc1cc(CNC(C)C(N)=O)cc(Cl)c1OC. The molecule has 1 aromatic rings. The fourth-order valence-corrected chi connectivity index (χ4v) is 1.76. The summed E-state index contributed by atoms with van der Waals surface area (Å²) in [5.74, 6) is 0.640. The van der Waals surface area contributed by atoms with Crippen molar-refractivity contribution in [2.24, 2.45) is 5.73 Å². The van der Waals surface area contributed by atoms with Gasteiger partial charge in [-0.1, -0.05) is 11.6 Å². The highest BCUT2D eigenvalue weighted by Gasteiger charge is 2.12. The van der Waals surface area contributed by atoms with Gasteiger partial charge in [0.2, 0.25) is 5.91 Å². The molecule has 0 fully saturated rings. The van der Waals surface area contributed by atoms with Crippen molar-refractivity contribution in [3.05, 3.63) is 22.7 Å². The van der Waals surface area contributed by atoms with Crippen LogP contribution in [0.25, 0.3) is 0 Å². The lowest BCUT2D eigenvalue weighted by Crippen LogP contribution is -2.38. The third-order valence-electron chi connectivity index (χ3n) is 2.53. The third kappa shape index (κ3) is 3.51. The Balaban J connectivity index is 2.85. The summed E-state index contributed by atoms with van der Waals surface area (Å²) in [4.78, 5) is 10.9. The van der Waals surface area contributed by atoms with Crippen molar-refractivity contribution in [2.75, 3.05) is 14.2 Å². The summed E-state index contributed by atoms with van der Waals surface area (Å²) in [5.41, 5.74) is 6.04. The number of carbonyl (C=O) groups is 1. The molecule has 1 unspecified atom stereocenters. The van der Waals surface area contributed by atoms with Gasteiger partial charge >= 0.3 is 0 Å². The Morgan fingerprint density at radius 3 is 2.61 bits per heavy atom. The van der Waals surface area contributed by atoms with Gasteiger partial charge in [0.1, 0.15) is 0 Å². The molecule has 1 atom stereocenters. The lowest BCUT2D eigenvalue weighted by molar-refractivity contribution is -0.119. The number of primary amides is 1. The molecule has 0 bridgehead atoms. The van der Waals surface area contributed by atoms with Crippen LogP contribution in [0.3, 0.4) is 0 Å². The summed E-state index contributed by atoms with van der Waals surface area (Å²) in [5, 5.41) is 3.44.